The van der Waals surface area contributed by atoms with E-state index in [4.69, 9.17) is 0 Å². The van der Waals surface area contributed by atoms with Crippen LogP contribution in [0.1, 0.15) is 43.5 Å². The molecule has 0 bridgehead atoms. The Morgan fingerprint density at radius 1 is 0.850 bits per heavy atom. The molecule has 0 amide bonds. The van der Waals surface area contributed by atoms with Gasteiger partial charge in [0, 0.05) is 31.5 Å². The second kappa shape index (κ2) is 4.97. The molecule has 0 atom stereocenters. The highest BCUT2D eigenvalue weighted by atomic mass is 32.1. The molecular weight excluding hydrogens is 284 g/mol. The van der Waals surface area contributed by atoms with Crippen molar-refractivity contribution in [2.45, 2.75) is 40.5 Å². The Bertz CT molecular complexity index is 728. The van der Waals surface area contributed by atoms with Gasteiger partial charge in [-0.3, -0.25) is 4.79 Å². The molecule has 1 aliphatic carbocycles. The zero-order chi connectivity index (χ0) is 14.4. The van der Waals surface area contributed by atoms with Gasteiger partial charge in [0.25, 0.3) is 0 Å². The van der Waals surface area contributed by atoms with E-state index < -0.39 is 0 Å². The third kappa shape index (κ3) is 2.19. The van der Waals surface area contributed by atoms with Crippen molar-refractivity contribution in [2.75, 3.05) is 0 Å². The molecule has 0 aromatic carbocycles. The summed E-state index contributed by atoms with van der Waals surface area (Å²) in [7, 11) is 0. The number of carbonyl (C=O) groups excluding carboxylic acids is 1. The van der Waals surface area contributed by atoms with E-state index in [0.717, 1.165) is 17.6 Å². The van der Waals surface area contributed by atoms with Crippen LogP contribution in [0.3, 0.4) is 0 Å². The lowest BCUT2D eigenvalue weighted by molar-refractivity contribution is -0.113. The van der Waals surface area contributed by atoms with Gasteiger partial charge in [0.15, 0.2) is 5.78 Å². The molecule has 0 saturated heterocycles. The highest BCUT2D eigenvalue weighted by molar-refractivity contribution is 7.12. The van der Waals surface area contributed by atoms with Crippen LogP contribution >= 0.6 is 22.7 Å². The van der Waals surface area contributed by atoms with Gasteiger partial charge >= 0.3 is 0 Å². The van der Waals surface area contributed by atoms with Gasteiger partial charge in [-0.25, -0.2) is 0 Å². The third-order valence-corrected chi connectivity index (χ3v) is 5.79. The predicted octanol–water partition coefficient (Wildman–Crippen LogP) is 5.32. The van der Waals surface area contributed by atoms with E-state index in [9.17, 15) is 4.79 Å². The molecule has 2 aromatic heterocycles. The van der Waals surface area contributed by atoms with E-state index in [2.05, 4.69) is 39.8 Å². The number of Topliss-reactive ketones (excluding diaryl/α,β-unsaturated/α-hetero) is 1. The zero-order valence-electron chi connectivity index (χ0n) is 12.3. The summed E-state index contributed by atoms with van der Waals surface area (Å²) in [5, 5.41) is 0. The average Bonchev–Trinajstić information content (AvgIpc) is 2.98. The van der Waals surface area contributed by atoms with Gasteiger partial charge in [0.2, 0.25) is 0 Å². The van der Waals surface area contributed by atoms with E-state index in [1.54, 1.807) is 11.3 Å². The first-order valence-corrected chi connectivity index (χ1v) is 8.52. The first-order valence-electron chi connectivity index (χ1n) is 6.88. The van der Waals surface area contributed by atoms with Gasteiger partial charge in [0.1, 0.15) is 0 Å². The fourth-order valence-corrected chi connectivity index (χ4v) is 4.93. The molecule has 2 aromatic rings. The minimum Gasteiger partial charge on any atom is -0.294 e. The Balaban J connectivity index is 2.22. The SMILES string of the molecule is Cc1cc(C2=C(c3cc(C)sc3C)C(=O)CC2)c(C)s1. The Kier molecular flexibility index (Phi) is 3.43. The normalized spacial score (nSPS) is 15.5. The molecule has 3 rings (SSSR count). The van der Waals surface area contributed by atoms with Crippen LogP contribution in [0.4, 0.5) is 0 Å². The molecule has 104 valence electrons. The van der Waals surface area contributed by atoms with Crippen LogP contribution in [0.25, 0.3) is 11.1 Å². The van der Waals surface area contributed by atoms with E-state index >= 15 is 0 Å². The molecule has 0 radical (unpaired) electrons. The van der Waals surface area contributed by atoms with Crippen LogP contribution < -0.4 is 0 Å². The molecule has 20 heavy (non-hydrogen) atoms. The molecule has 1 nitrogen and oxygen atoms in total. The number of aryl methyl sites for hydroxylation is 4. The van der Waals surface area contributed by atoms with Crippen LogP contribution in [0.15, 0.2) is 12.1 Å². The van der Waals surface area contributed by atoms with Crippen molar-refractivity contribution in [2.24, 2.45) is 0 Å². The summed E-state index contributed by atoms with van der Waals surface area (Å²) in [6.45, 7) is 8.53. The predicted molar refractivity (Wildman–Crippen MR) is 88.6 cm³/mol. The highest BCUT2D eigenvalue weighted by Gasteiger charge is 2.28. The molecule has 2 heterocycles. The standard InChI is InChI=1S/C17H18OS2/c1-9-7-14(11(3)19-9)13-5-6-16(18)17(13)15-8-10(2)20-12(15)4/h7-8H,5-6H2,1-4H3. The van der Waals surface area contributed by atoms with E-state index in [1.807, 2.05) is 11.3 Å². The van der Waals surface area contributed by atoms with Crippen molar-refractivity contribution in [3.8, 4) is 0 Å². The van der Waals surface area contributed by atoms with E-state index in [0.29, 0.717) is 12.2 Å². The molecule has 1 aliphatic rings. The van der Waals surface area contributed by atoms with Crippen LogP contribution in [-0.4, -0.2) is 5.78 Å². The molecule has 0 fully saturated rings. The number of rotatable bonds is 2. The topological polar surface area (TPSA) is 17.1 Å². The molecular formula is C17H18OS2. The average molecular weight is 302 g/mol. The van der Waals surface area contributed by atoms with Crippen LogP contribution in [0.5, 0.6) is 0 Å². The fourth-order valence-electron chi connectivity index (χ4n) is 3.05. The summed E-state index contributed by atoms with van der Waals surface area (Å²) in [5.74, 6) is 0.309. The van der Waals surface area contributed by atoms with Crippen molar-refractivity contribution in [3.05, 3.63) is 42.8 Å². The summed E-state index contributed by atoms with van der Waals surface area (Å²) in [4.78, 5) is 17.6. The number of ketones is 1. The summed E-state index contributed by atoms with van der Waals surface area (Å²) in [6.07, 6.45) is 1.55. The lowest BCUT2D eigenvalue weighted by Gasteiger charge is -2.06. The maximum Gasteiger partial charge on any atom is 0.164 e. The van der Waals surface area contributed by atoms with Crippen molar-refractivity contribution in [1.29, 1.82) is 0 Å². The summed E-state index contributed by atoms with van der Waals surface area (Å²) in [6, 6.07) is 4.41. The summed E-state index contributed by atoms with van der Waals surface area (Å²) >= 11 is 3.60. The first kappa shape index (κ1) is 13.8. The maximum atomic E-state index is 12.4. The van der Waals surface area contributed by atoms with Gasteiger partial charge < -0.3 is 0 Å². The van der Waals surface area contributed by atoms with Crippen LogP contribution in [0.2, 0.25) is 0 Å². The molecule has 0 saturated carbocycles. The summed E-state index contributed by atoms with van der Waals surface area (Å²) < 4.78 is 0. The largest absolute Gasteiger partial charge is 0.294 e. The lowest BCUT2D eigenvalue weighted by atomic mass is 9.97. The van der Waals surface area contributed by atoms with Gasteiger partial charge in [-0.05, 0) is 62.9 Å². The second-order valence-corrected chi connectivity index (χ2v) is 8.35. The van der Waals surface area contributed by atoms with E-state index in [1.165, 1.54) is 30.6 Å². The summed E-state index contributed by atoms with van der Waals surface area (Å²) in [5.41, 5.74) is 4.69. The Morgan fingerprint density at radius 2 is 1.40 bits per heavy atom. The van der Waals surface area contributed by atoms with Gasteiger partial charge in [-0.1, -0.05) is 0 Å². The monoisotopic (exact) mass is 302 g/mol. The molecule has 0 aliphatic heterocycles. The smallest absolute Gasteiger partial charge is 0.164 e. The van der Waals surface area contributed by atoms with Gasteiger partial charge in [-0.2, -0.15) is 0 Å². The second-order valence-electron chi connectivity index (χ2n) is 5.43. The van der Waals surface area contributed by atoms with Crippen LogP contribution in [0, 0.1) is 27.7 Å². The van der Waals surface area contributed by atoms with Gasteiger partial charge in [0.05, 0.1) is 0 Å². The van der Waals surface area contributed by atoms with Crippen molar-refractivity contribution in [1.82, 2.24) is 0 Å². The lowest BCUT2D eigenvalue weighted by Crippen LogP contribution is -1.96. The number of allylic oxidation sites excluding steroid dienone is 2. The number of hydrogen-bond acceptors (Lipinski definition) is 3. The minimum absolute atomic E-state index is 0.309. The molecule has 0 N–H and O–H groups in total. The van der Waals surface area contributed by atoms with Crippen LogP contribution in [-0.2, 0) is 4.79 Å². The number of hydrogen-bond donors (Lipinski definition) is 0. The first-order chi connectivity index (χ1) is 9.47. The zero-order valence-corrected chi connectivity index (χ0v) is 13.9. The van der Waals surface area contributed by atoms with E-state index in [-0.39, 0.29) is 0 Å². The Hall–Kier alpha value is -1.19. The van der Waals surface area contributed by atoms with Crippen molar-refractivity contribution < 1.29 is 4.79 Å². The fraction of sp³-hybridized carbons (Fsp3) is 0.353. The highest BCUT2D eigenvalue weighted by Crippen LogP contribution is 2.42. The Labute approximate surface area is 128 Å². The number of thiophene rings is 2. The molecule has 3 heteroatoms. The minimum atomic E-state index is 0.309. The maximum absolute atomic E-state index is 12.4. The van der Waals surface area contributed by atoms with Crippen molar-refractivity contribution in [3.63, 3.8) is 0 Å². The molecule has 0 spiro atoms. The third-order valence-electron chi connectivity index (χ3n) is 3.86. The van der Waals surface area contributed by atoms with Crippen molar-refractivity contribution >= 4 is 39.6 Å². The quantitative estimate of drug-likeness (QED) is 0.734. The Morgan fingerprint density at radius 3 is 1.90 bits per heavy atom. The van der Waals surface area contributed by atoms with Gasteiger partial charge in [-0.15, -0.1) is 22.7 Å². The number of carbonyl (C=O) groups is 1. The molecule has 0 unspecified atom stereocenters.